The van der Waals surface area contributed by atoms with Gasteiger partial charge in [-0.05, 0) is 32.0 Å². The van der Waals surface area contributed by atoms with Crippen LogP contribution >= 0.6 is 0 Å². The predicted molar refractivity (Wildman–Crippen MR) is 77.4 cm³/mol. The summed E-state index contributed by atoms with van der Waals surface area (Å²) in [5, 5.41) is 0. The van der Waals surface area contributed by atoms with Gasteiger partial charge in [-0.1, -0.05) is 18.2 Å². The van der Waals surface area contributed by atoms with Crippen LogP contribution < -0.4 is 10.3 Å². The van der Waals surface area contributed by atoms with Gasteiger partial charge in [-0.3, -0.25) is 9.59 Å². The van der Waals surface area contributed by atoms with E-state index >= 15 is 0 Å². The van der Waals surface area contributed by atoms with E-state index in [1.165, 1.54) is 4.57 Å². The molecule has 1 heterocycles. The summed E-state index contributed by atoms with van der Waals surface area (Å²) in [6, 6.07) is 10.6. The number of aryl methyl sites for hydroxylation is 1. The maximum atomic E-state index is 12.3. The Morgan fingerprint density at radius 1 is 1.20 bits per heavy atom. The quantitative estimate of drug-likeness (QED) is 0.785. The molecule has 4 heteroatoms. The lowest BCUT2D eigenvalue weighted by Crippen LogP contribution is -2.25. The number of benzene rings is 1. The number of carbonyl (C=O) groups is 1. The fraction of sp³-hybridized carbons (Fsp3) is 0.250. The summed E-state index contributed by atoms with van der Waals surface area (Å²) in [6.45, 7) is 4.11. The van der Waals surface area contributed by atoms with Crippen molar-refractivity contribution in [2.24, 2.45) is 0 Å². The monoisotopic (exact) mass is 271 g/mol. The van der Waals surface area contributed by atoms with Gasteiger partial charge in [0.05, 0.1) is 18.7 Å². The highest BCUT2D eigenvalue weighted by Gasteiger charge is 2.13. The molecular formula is C16H17NO3. The van der Waals surface area contributed by atoms with Crippen molar-refractivity contribution in [2.75, 3.05) is 6.61 Å². The van der Waals surface area contributed by atoms with E-state index in [2.05, 4.69) is 0 Å². The summed E-state index contributed by atoms with van der Waals surface area (Å²) < 4.78 is 6.86. The second-order valence-electron chi connectivity index (χ2n) is 4.48. The Hall–Kier alpha value is -2.36. The van der Waals surface area contributed by atoms with E-state index in [1.54, 1.807) is 43.5 Å². The standard InChI is InChI=1S/C16H17NO3/c1-3-20-15-9-5-4-8-13(15)14(18)11-17-10-6-7-12(2)16(17)19/h4-10H,3,11H2,1-2H3. The van der Waals surface area contributed by atoms with Crippen LogP contribution in [0.5, 0.6) is 5.75 Å². The van der Waals surface area contributed by atoms with Crippen LogP contribution in [0.1, 0.15) is 22.8 Å². The van der Waals surface area contributed by atoms with Gasteiger partial charge < -0.3 is 9.30 Å². The molecule has 1 aromatic heterocycles. The minimum absolute atomic E-state index is 0.0185. The number of ketones is 1. The van der Waals surface area contributed by atoms with Crippen LogP contribution in [0, 0.1) is 6.92 Å². The second-order valence-corrected chi connectivity index (χ2v) is 4.48. The molecule has 0 fully saturated rings. The van der Waals surface area contributed by atoms with Crippen molar-refractivity contribution < 1.29 is 9.53 Å². The topological polar surface area (TPSA) is 48.3 Å². The van der Waals surface area contributed by atoms with Crippen molar-refractivity contribution in [1.29, 1.82) is 0 Å². The van der Waals surface area contributed by atoms with Crippen LogP contribution in [0.2, 0.25) is 0 Å². The lowest BCUT2D eigenvalue weighted by atomic mass is 10.1. The molecule has 0 amide bonds. The van der Waals surface area contributed by atoms with Gasteiger partial charge in [-0.2, -0.15) is 0 Å². The second kappa shape index (κ2) is 6.19. The van der Waals surface area contributed by atoms with Crippen LogP contribution in [0.4, 0.5) is 0 Å². The molecule has 2 rings (SSSR count). The van der Waals surface area contributed by atoms with Crippen molar-refractivity contribution in [1.82, 2.24) is 4.57 Å². The summed E-state index contributed by atoms with van der Waals surface area (Å²) in [4.78, 5) is 24.3. The van der Waals surface area contributed by atoms with Crippen molar-refractivity contribution in [3.63, 3.8) is 0 Å². The maximum absolute atomic E-state index is 12.3. The minimum Gasteiger partial charge on any atom is -0.493 e. The van der Waals surface area contributed by atoms with Crippen molar-refractivity contribution in [3.8, 4) is 5.75 Å². The predicted octanol–water partition coefficient (Wildman–Crippen LogP) is 2.44. The van der Waals surface area contributed by atoms with Crippen molar-refractivity contribution in [3.05, 3.63) is 64.1 Å². The van der Waals surface area contributed by atoms with E-state index in [0.29, 0.717) is 23.5 Å². The number of ether oxygens (including phenoxy) is 1. The zero-order valence-electron chi connectivity index (χ0n) is 11.6. The Labute approximate surface area is 117 Å². The molecule has 0 aliphatic carbocycles. The fourth-order valence-electron chi connectivity index (χ4n) is 2.00. The number of Topliss-reactive ketones (excluding diaryl/α,β-unsaturated/α-hetero) is 1. The smallest absolute Gasteiger partial charge is 0.253 e. The van der Waals surface area contributed by atoms with Gasteiger partial charge in [0.1, 0.15) is 5.75 Å². The van der Waals surface area contributed by atoms with Gasteiger partial charge in [0, 0.05) is 11.8 Å². The van der Waals surface area contributed by atoms with E-state index in [9.17, 15) is 9.59 Å². The molecule has 0 saturated carbocycles. The molecule has 0 aliphatic heterocycles. The number of hydrogen-bond acceptors (Lipinski definition) is 3. The molecule has 0 aliphatic rings. The normalized spacial score (nSPS) is 10.3. The summed E-state index contributed by atoms with van der Waals surface area (Å²) in [5.41, 5.74) is 0.982. The van der Waals surface area contributed by atoms with E-state index in [1.807, 2.05) is 13.0 Å². The summed E-state index contributed by atoms with van der Waals surface area (Å²) in [7, 11) is 0. The molecule has 0 radical (unpaired) electrons. The lowest BCUT2D eigenvalue weighted by molar-refractivity contribution is 0.0967. The third-order valence-electron chi connectivity index (χ3n) is 3.01. The molecule has 2 aromatic rings. The largest absolute Gasteiger partial charge is 0.493 e. The summed E-state index contributed by atoms with van der Waals surface area (Å²) in [5.74, 6) is 0.419. The number of para-hydroxylation sites is 1. The SMILES string of the molecule is CCOc1ccccc1C(=O)Cn1cccc(C)c1=O. The molecule has 4 nitrogen and oxygen atoms in total. The Morgan fingerprint density at radius 3 is 2.70 bits per heavy atom. The van der Waals surface area contributed by atoms with Crippen LogP contribution in [-0.2, 0) is 6.54 Å². The van der Waals surface area contributed by atoms with E-state index < -0.39 is 0 Å². The first-order valence-electron chi connectivity index (χ1n) is 6.54. The lowest BCUT2D eigenvalue weighted by Gasteiger charge is -2.10. The van der Waals surface area contributed by atoms with Crippen LogP contribution in [0.25, 0.3) is 0 Å². The highest BCUT2D eigenvalue weighted by Crippen LogP contribution is 2.18. The maximum Gasteiger partial charge on any atom is 0.253 e. The van der Waals surface area contributed by atoms with Crippen LogP contribution in [0.15, 0.2) is 47.4 Å². The van der Waals surface area contributed by atoms with Gasteiger partial charge >= 0.3 is 0 Å². The fourth-order valence-corrected chi connectivity index (χ4v) is 2.00. The third-order valence-corrected chi connectivity index (χ3v) is 3.01. The van der Waals surface area contributed by atoms with Crippen LogP contribution in [0.3, 0.4) is 0 Å². The highest BCUT2D eigenvalue weighted by molar-refractivity contribution is 5.98. The summed E-state index contributed by atoms with van der Waals surface area (Å²) in [6.07, 6.45) is 1.62. The number of aromatic nitrogens is 1. The highest BCUT2D eigenvalue weighted by atomic mass is 16.5. The first kappa shape index (κ1) is 14.1. The number of hydrogen-bond donors (Lipinski definition) is 0. The first-order valence-corrected chi connectivity index (χ1v) is 6.54. The molecule has 0 spiro atoms. The van der Waals surface area contributed by atoms with Gasteiger partial charge in [-0.25, -0.2) is 0 Å². The molecular weight excluding hydrogens is 254 g/mol. The average molecular weight is 271 g/mol. The van der Waals surface area contributed by atoms with Gasteiger partial charge in [-0.15, -0.1) is 0 Å². The molecule has 0 unspecified atom stereocenters. The third kappa shape index (κ3) is 2.96. The Balaban J connectivity index is 2.29. The van der Waals surface area contributed by atoms with Crippen molar-refractivity contribution in [2.45, 2.75) is 20.4 Å². The Bertz CT molecular complexity index is 673. The molecule has 0 N–H and O–H groups in total. The van der Waals surface area contributed by atoms with Gasteiger partial charge in [0.15, 0.2) is 5.78 Å². The van der Waals surface area contributed by atoms with Gasteiger partial charge in [0.25, 0.3) is 5.56 Å². The molecule has 0 bridgehead atoms. The Kier molecular flexibility index (Phi) is 4.35. The number of nitrogens with zero attached hydrogens (tertiary/aromatic N) is 1. The first-order chi connectivity index (χ1) is 9.63. The summed E-state index contributed by atoms with van der Waals surface area (Å²) >= 11 is 0. The molecule has 104 valence electrons. The van der Waals surface area contributed by atoms with Crippen molar-refractivity contribution >= 4 is 5.78 Å². The minimum atomic E-state index is -0.144. The number of rotatable bonds is 5. The van der Waals surface area contributed by atoms with E-state index in [0.717, 1.165) is 0 Å². The van der Waals surface area contributed by atoms with E-state index in [-0.39, 0.29) is 17.9 Å². The Morgan fingerprint density at radius 2 is 1.95 bits per heavy atom. The average Bonchev–Trinajstić information content (AvgIpc) is 2.45. The molecule has 0 atom stereocenters. The number of carbonyl (C=O) groups excluding carboxylic acids is 1. The number of pyridine rings is 1. The zero-order valence-corrected chi connectivity index (χ0v) is 11.6. The van der Waals surface area contributed by atoms with E-state index in [4.69, 9.17) is 4.74 Å². The molecule has 0 saturated heterocycles. The molecule has 20 heavy (non-hydrogen) atoms. The van der Waals surface area contributed by atoms with Gasteiger partial charge in [0.2, 0.25) is 0 Å². The molecule has 1 aromatic carbocycles. The van der Waals surface area contributed by atoms with Crippen LogP contribution in [-0.4, -0.2) is 17.0 Å². The zero-order chi connectivity index (χ0) is 14.5.